The molecule has 4 nitrogen and oxygen atoms in total. The molecule has 1 saturated heterocycles. The first-order valence-electron chi connectivity index (χ1n) is 7.81. The van der Waals surface area contributed by atoms with Crippen molar-refractivity contribution in [3.05, 3.63) is 41.7 Å². The van der Waals surface area contributed by atoms with Gasteiger partial charge in [-0.3, -0.25) is 4.68 Å². The van der Waals surface area contributed by atoms with E-state index in [2.05, 4.69) is 39.5 Å². The zero-order valence-corrected chi connectivity index (χ0v) is 12.2. The van der Waals surface area contributed by atoms with Gasteiger partial charge in [-0.25, -0.2) is 0 Å². The van der Waals surface area contributed by atoms with Gasteiger partial charge in [0.1, 0.15) is 0 Å². The van der Waals surface area contributed by atoms with Gasteiger partial charge in [0.15, 0.2) is 0 Å². The van der Waals surface area contributed by atoms with Crippen LogP contribution in [0.3, 0.4) is 0 Å². The zero-order valence-electron chi connectivity index (χ0n) is 12.2. The van der Waals surface area contributed by atoms with Crippen LogP contribution in [0.1, 0.15) is 24.0 Å². The Morgan fingerprint density at radius 1 is 1.14 bits per heavy atom. The number of hydrogen-bond acceptors (Lipinski definition) is 3. The first kappa shape index (κ1) is 13.0. The van der Waals surface area contributed by atoms with Crippen molar-refractivity contribution in [3.63, 3.8) is 0 Å². The third-order valence-corrected chi connectivity index (χ3v) is 4.59. The molecule has 4 rings (SSSR count). The van der Waals surface area contributed by atoms with E-state index in [0.717, 1.165) is 45.7 Å². The smallest absolute Gasteiger partial charge is 0.0568 e. The highest BCUT2D eigenvalue weighted by molar-refractivity contribution is 5.63. The van der Waals surface area contributed by atoms with Gasteiger partial charge in [-0.15, -0.1) is 0 Å². The van der Waals surface area contributed by atoms with Crippen LogP contribution in [0.4, 0.5) is 0 Å². The van der Waals surface area contributed by atoms with Gasteiger partial charge in [-0.1, -0.05) is 12.1 Å². The fourth-order valence-electron chi connectivity index (χ4n) is 3.28. The van der Waals surface area contributed by atoms with Crippen LogP contribution >= 0.6 is 0 Å². The van der Waals surface area contributed by atoms with Crippen LogP contribution in [0.25, 0.3) is 11.1 Å². The third-order valence-electron chi connectivity index (χ3n) is 4.59. The van der Waals surface area contributed by atoms with Gasteiger partial charge in [0, 0.05) is 44.6 Å². The maximum absolute atomic E-state index is 5.42. The molecule has 0 aliphatic carbocycles. The Labute approximate surface area is 125 Å². The van der Waals surface area contributed by atoms with Crippen molar-refractivity contribution in [2.75, 3.05) is 13.2 Å². The van der Waals surface area contributed by atoms with Crippen LogP contribution < -0.4 is 5.32 Å². The molecule has 2 aliphatic heterocycles. The molecule has 0 amide bonds. The Morgan fingerprint density at radius 3 is 2.90 bits per heavy atom. The van der Waals surface area contributed by atoms with Crippen LogP contribution in [0.5, 0.6) is 0 Å². The molecule has 0 radical (unpaired) electrons. The molecular weight excluding hydrogens is 262 g/mol. The fraction of sp³-hybridized carbons (Fsp3) is 0.471. The lowest BCUT2D eigenvalue weighted by atomic mass is 10.0. The van der Waals surface area contributed by atoms with E-state index in [0.29, 0.717) is 5.92 Å². The van der Waals surface area contributed by atoms with E-state index in [9.17, 15) is 0 Å². The molecular formula is C17H21N3O. The second kappa shape index (κ2) is 5.62. The highest BCUT2D eigenvalue weighted by atomic mass is 16.5. The summed E-state index contributed by atoms with van der Waals surface area (Å²) in [4.78, 5) is 0. The van der Waals surface area contributed by atoms with Gasteiger partial charge in [-0.05, 0) is 41.5 Å². The fourth-order valence-corrected chi connectivity index (χ4v) is 3.28. The van der Waals surface area contributed by atoms with Crippen LogP contribution in [0.15, 0.2) is 30.6 Å². The first-order chi connectivity index (χ1) is 10.4. The lowest BCUT2D eigenvalue weighted by molar-refractivity contribution is 0.0601. The van der Waals surface area contributed by atoms with Crippen LogP contribution in [0, 0.1) is 5.92 Å². The lowest BCUT2D eigenvalue weighted by Gasteiger charge is -2.21. The molecule has 110 valence electrons. The Morgan fingerprint density at radius 2 is 2.00 bits per heavy atom. The van der Waals surface area contributed by atoms with Crippen molar-refractivity contribution in [1.29, 1.82) is 0 Å². The predicted molar refractivity (Wildman–Crippen MR) is 81.7 cm³/mol. The number of ether oxygens (including phenoxy) is 1. The number of nitrogens with one attached hydrogen (secondary N) is 1. The van der Waals surface area contributed by atoms with E-state index in [1.165, 1.54) is 22.3 Å². The Hall–Kier alpha value is -1.65. The van der Waals surface area contributed by atoms with E-state index in [1.54, 1.807) is 0 Å². The maximum Gasteiger partial charge on any atom is 0.0568 e. The van der Waals surface area contributed by atoms with Gasteiger partial charge >= 0.3 is 0 Å². The molecule has 0 saturated carbocycles. The zero-order chi connectivity index (χ0) is 14.1. The van der Waals surface area contributed by atoms with E-state index in [-0.39, 0.29) is 0 Å². The molecule has 4 heteroatoms. The Balaban J connectivity index is 1.51. The molecule has 0 atom stereocenters. The van der Waals surface area contributed by atoms with Crippen molar-refractivity contribution >= 4 is 0 Å². The summed E-state index contributed by atoms with van der Waals surface area (Å²) in [6, 6.07) is 6.74. The molecule has 2 aromatic rings. The van der Waals surface area contributed by atoms with Gasteiger partial charge in [0.05, 0.1) is 6.20 Å². The van der Waals surface area contributed by atoms with Crippen molar-refractivity contribution in [2.24, 2.45) is 5.92 Å². The highest BCUT2D eigenvalue weighted by Crippen LogP contribution is 2.25. The summed E-state index contributed by atoms with van der Waals surface area (Å²) in [5.41, 5.74) is 5.34. The monoisotopic (exact) mass is 283 g/mol. The number of rotatable bonds is 3. The average molecular weight is 283 g/mol. The third kappa shape index (κ3) is 2.74. The number of aromatic nitrogens is 2. The minimum Gasteiger partial charge on any atom is -0.381 e. The summed E-state index contributed by atoms with van der Waals surface area (Å²) >= 11 is 0. The highest BCUT2D eigenvalue weighted by Gasteiger charge is 2.15. The second-order valence-electron chi connectivity index (χ2n) is 6.09. The molecule has 0 unspecified atom stereocenters. The Kier molecular flexibility index (Phi) is 3.49. The minimum atomic E-state index is 0.704. The predicted octanol–water partition coefficient (Wildman–Crippen LogP) is 2.58. The number of hydrogen-bond donors (Lipinski definition) is 1. The molecule has 0 bridgehead atoms. The molecule has 1 N–H and O–H groups in total. The second-order valence-corrected chi connectivity index (χ2v) is 6.09. The van der Waals surface area contributed by atoms with Gasteiger partial charge < -0.3 is 10.1 Å². The van der Waals surface area contributed by atoms with E-state index in [1.807, 2.05) is 6.20 Å². The topological polar surface area (TPSA) is 39.1 Å². The standard InChI is InChI=1S/C17H21N3O/c1-2-15-8-18-9-16(15)7-14(1)17-10-19-20(12-17)11-13-3-5-21-6-4-13/h1-2,7,10,12-13,18H,3-6,8-9,11H2. The lowest BCUT2D eigenvalue weighted by Crippen LogP contribution is -2.20. The van der Waals surface area contributed by atoms with Crippen molar-refractivity contribution < 1.29 is 4.74 Å². The van der Waals surface area contributed by atoms with Crippen molar-refractivity contribution in [1.82, 2.24) is 15.1 Å². The van der Waals surface area contributed by atoms with Crippen molar-refractivity contribution in [3.8, 4) is 11.1 Å². The molecule has 2 aliphatic rings. The summed E-state index contributed by atoms with van der Waals surface area (Å²) in [6.45, 7) is 4.79. The molecule has 1 fully saturated rings. The number of benzene rings is 1. The minimum absolute atomic E-state index is 0.704. The summed E-state index contributed by atoms with van der Waals surface area (Å²) in [6.07, 6.45) is 6.47. The number of fused-ring (bicyclic) bond motifs is 1. The summed E-state index contributed by atoms with van der Waals surface area (Å²) in [5, 5.41) is 7.93. The molecule has 0 spiro atoms. The normalized spacial score (nSPS) is 18.9. The molecule has 21 heavy (non-hydrogen) atoms. The SMILES string of the molecule is c1cc2c(cc1-c1cnn(CC3CCOCC3)c1)CNC2. The van der Waals surface area contributed by atoms with E-state index >= 15 is 0 Å². The van der Waals surface area contributed by atoms with Crippen molar-refractivity contribution in [2.45, 2.75) is 32.5 Å². The first-order valence-corrected chi connectivity index (χ1v) is 7.81. The molecule has 1 aromatic carbocycles. The molecule has 1 aromatic heterocycles. The molecule has 3 heterocycles. The van der Waals surface area contributed by atoms with Crippen LogP contribution in [-0.2, 0) is 24.4 Å². The van der Waals surface area contributed by atoms with Gasteiger partial charge in [0.2, 0.25) is 0 Å². The quantitative estimate of drug-likeness (QED) is 0.941. The number of nitrogens with zero attached hydrogens (tertiary/aromatic N) is 2. The summed E-state index contributed by atoms with van der Waals surface area (Å²) in [5.74, 6) is 0.704. The van der Waals surface area contributed by atoms with Crippen LogP contribution in [0.2, 0.25) is 0 Å². The average Bonchev–Trinajstić information content (AvgIpc) is 3.16. The summed E-state index contributed by atoms with van der Waals surface area (Å²) in [7, 11) is 0. The largest absolute Gasteiger partial charge is 0.381 e. The maximum atomic E-state index is 5.42. The van der Waals surface area contributed by atoms with E-state index < -0.39 is 0 Å². The van der Waals surface area contributed by atoms with Gasteiger partial charge in [-0.2, -0.15) is 5.10 Å². The van der Waals surface area contributed by atoms with Crippen LogP contribution in [-0.4, -0.2) is 23.0 Å². The van der Waals surface area contributed by atoms with E-state index in [4.69, 9.17) is 4.74 Å². The van der Waals surface area contributed by atoms with Gasteiger partial charge in [0.25, 0.3) is 0 Å². The Bertz CT molecular complexity index is 629. The summed E-state index contributed by atoms with van der Waals surface area (Å²) < 4.78 is 7.51.